The average Bonchev–Trinajstić information content (AvgIpc) is 2.94. The molecule has 2 aliphatic heterocycles. The molecule has 0 bridgehead atoms. The van der Waals surface area contributed by atoms with Crippen molar-refractivity contribution in [2.24, 2.45) is 0 Å². The molecule has 0 radical (unpaired) electrons. The Labute approximate surface area is 113 Å². The Kier molecular flexibility index (Phi) is 3.36. The van der Waals surface area contributed by atoms with Crippen LogP contribution in [0.25, 0.3) is 0 Å². The summed E-state index contributed by atoms with van der Waals surface area (Å²) in [5.74, 6) is 0. The van der Waals surface area contributed by atoms with E-state index in [0.29, 0.717) is 12.6 Å². The van der Waals surface area contributed by atoms with Crippen LogP contribution in [0.2, 0.25) is 0 Å². The van der Waals surface area contributed by atoms with Crippen molar-refractivity contribution >= 4 is 6.03 Å². The summed E-state index contributed by atoms with van der Waals surface area (Å²) >= 11 is 0. The van der Waals surface area contributed by atoms with Gasteiger partial charge >= 0.3 is 6.03 Å². The second-order valence-electron chi connectivity index (χ2n) is 5.35. The van der Waals surface area contributed by atoms with Crippen LogP contribution < -0.4 is 0 Å². The lowest BCUT2D eigenvalue weighted by atomic mass is 10.1. The van der Waals surface area contributed by atoms with Crippen molar-refractivity contribution in [2.75, 3.05) is 13.1 Å². The highest BCUT2D eigenvalue weighted by molar-refractivity contribution is 5.75. The number of hydrogen-bond acceptors (Lipinski definition) is 3. The Bertz CT molecular complexity index is 476. The van der Waals surface area contributed by atoms with Crippen LogP contribution in [0, 0.1) is 0 Å². The molecule has 1 aromatic rings. The maximum Gasteiger partial charge on any atom is 0.320 e. The Balaban J connectivity index is 1.72. The van der Waals surface area contributed by atoms with E-state index in [1.807, 2.05) is 11.1 Å². The summed E-state index contributed by atoms with van der Waals surface area (Å²) in [6, 6.07) is 0.625. The van der Waals surface area contributed by atoms with Crippen molar-refractivity contribution in [3.8, 4) is 0 Å². The lowest BCUT2D eigenvalue weighted by Crippen LogP contribution is -2.47. The fourth-order valence-electron chi connectivity index (χ4n) is 3.12. The highest BCUT2D eigenvalue weighted by atomic mass is 16.2. The van der Waals surface area contributed by atoms with Crippen LogP contribution in [0.4, 0.5) is 4.79 Å². The molecule has 3 rings (SSSR count). The topological polar surface area (TPSA) is 49.3 Å². The third kappa shape index (κ3) is 2.29. The number of amides is 2. The van der Waals surface area contributed by atoms with E-state index in [2.05, 4.69) is 21.8 Å². The summed E-state index contributed by atoms with van der Waals surface area (Å²) in [5.41, 5.74) is 2.18. The number of urea groups is 1. The molecular formula is C14H20N4O. The zero-order valence-electron chi connectivity index (χ0n) is 11.4. The van der Waals surface area contributed by atoms with Crippen LogP contribution in [0.1, 0.15) is 37.4 Å². The fourth-order valence-corrected chi connectivity index (χ4v) is 3.12. The normalized spacial score (nSPS) is 22.5. The number of fused-ring (bicyclic) bond motifs is 1. The van der Waals surface area contributed by atoms with Crippen LogP contribution in [0.3, 0.4) is 0 Å². The van der Waals surface area contributed by atoms with E-state index in [1.165, 1.54) is 0 Å². The van der Waals surface area contributed by atoms with Crippen LogP contribution >= 0.6 is 0 Å². The molecule has 0 saturated carbocycles. The van der Waals surface area contributed by atoms with Gasteiger partial charge in [0.15, 0.2) is 0 Å². The quantitative estimate of drug-likeness (QED) is 0.774. The lowest BCUT2D eigenvalue weighted by Gasteiger charge is -2.34. The van der Waals surface area contributed by atoms with E-state index in [1.54, 1.807) is 6.33 Å². The van der Waals surface area contributed by atoms with E-state index in [-0.39, 0.29) is 6.03 Å². The monoisotopic (exact) mass is 260 g/mol. The number of hydrogen-bond donors (Lipinski definition) is 0. The van der Waals surface area contributed by atoms with E-state index >= 15 is 0 Å². The standard InChI is InChI=1S/C14H20N4O/c1-2-12-4-3-6-18(12)14(19)17-7-5-13-11(9-17)8-15-10-16-13/h8,10,12H,2-7,9H2,1H3. The van der Waals surface area contributed by atoms with Gasteiger partial charge in [0.05, 0.1) is 12.2 Å². The predicted molar refractivity (Wildman–Crippen MR) is 71.6 cm³/mol. The van der Waals surface area contributed by atoms with Gasteiger partial charge in [-0.1, -0.05) is 6.92 Å². The Morgan fingerprint density at radius 3 is 3.21 bits per heavy atom. The van der Waals surface area contributed by atoms with Gasteiger partial charge in [-0.2, -0.15) is 0 Å². The van der Waals surface area contributed by atoms with E-state index in [9.17, 15) is 4.79 Å². The number of carbonyl (C=O) groups is 1. The lowest BCUT2D eigenvalue weighted by molar-refractivity contribution is 0.141. The minimum atomic E-state index is 0.193. The molecule has 2 aliphatic rings. The fraction of sp³-hybridized carbons (Fsp3) is 0.643. The minimum Gasteiger partial charge on any atom is -0.322 e. The van der Waals surface area contributed by atoms with E-state index < -0.39 is 0 Å². The molecule has 19 heavy (non-hydrogen) atoms. The zero-order valence-corrected chi connectivity index (χ0v) is 11.4. The van der Waals surface area contributed by atoms with Crippen LogP contribution in [0.15, 0.2) is 12.5 Å². The number of rotatable bonds is 1. The highest BCUT2D eigenvalue weighted by Gasteiger charge is 2.32. The summed E-state index contributed by atoms with van der Waals surface area (Å²) in [4.78, 5) is 24.9. The van der Waals surface area contributed by atoms with Gasteiger partial charge in [0.2, 0.25) is 0 Å². The van der Waals surface area contributed by atoms with Crippen molar-refractivity contribution in [1.82, 2.24) is 19.8 Å². The van der Waals surface area contributed by atoms with Gasteiger partial charge in [0, 0.05) is 37.3 Å². The van der Waals surface area contributed by atoms with Crippen LogP contribution in [-0.4, -0.2) is 44.9 Å². The highest BCUT2D eigenvalue weighted by Crippen LogP contribution is 2.24. The van der Waals surface area contributed by atoms with Gasteiger partial charge in [-0.3, -0.25) is 0 Å². The molecule has 1 unspecified atom stereocenters. The first-order chi connectivity index (χ1) is 9.29. The number of carbonyl (C=O) groups excluding carboxylic acids is 1. The van der Waals surface area contributed by atoms with Gasteiger partial charge in [-0.25, -0.2) is 14.8 Å². The maximum atomic E-state index is 12.6. The van der Waals surface area contributed by atoms with Gasteiger partial charge in [-0.15, -0.1) is 0 Å². The molecular weight excluding hydrogens is 240 g/mol. The van der Waals surface area contributed by atoms with E-state index in [4.69, 9.17) is 0 Å². The average molecular weight is 260 g/mol. The summed E-state index contributed by atoms with van der Waals surface area (Å²) < 4.78 is 0. The number of nitrogens with zero attached hydrogens (tertiary/aromatic N) is 4. The first-order valence-corrected chi connectivity index (χ1v) is 7.13. The maximum absolute atomic E-state index is 12.6. The van der Waals surface area contributed by atoms with Gasteiger partial charge in [0.1, 0.15) is 6.33 Å². The third-order valence-electron chi connectivity index (χ3n) is 4.23. The van der Waals surface area contributed by atoms with Crippen molar-refractivity contribution in [1.29, 1.82) is 0 Å². The Morgan fingerprint density at radius 2 is 2.37 bits per heavy atom. The molecule has 0 aromatic carbocycles. The Morgan fingerprint density at radius 1 is 1.47 bits per heavy atom. The molecule has 2 amide bonds. The minimum absolute atomic E-state index is 0.193. The predicted octanol–water partition coefficient (Wildman–Crippen LogP) is 1.83. The first kappa shape index (κ1) is 12.4. The van der Waals surface area contributed by atoms with Gasteiger partial charge in [0.25, 0.3) is 0 Å². The summed E-state index contributed by atoms with van der Waals surface area (Å²) in [7, 11) is 0. The molecule has 3 heterocycles. The molecule has 1 aromatic heterocycles. The van der Waals surface area contributed by atoms with Crippen LogP contribution in [-0.2, 0) is 13.0 Å². The number of aromatic nitrogens is 2. The van der Waals surface area contributed by atoms with Crippen molar-refractivity contribution < 1.29 is 4.79 Å². The SMILES string of the molecule is CCC1CCCN1C(=O)N1CCc2ncncc2C1. The zero-order chi connectivity index (χ0) is 13.2. The molecule has 0 aliphatic carbocycles. The Hall–Kier alpha value is -1.65. The molecule has 5 heteroatoms. The smallest absolute Gasteiger partial charge is 0.320 e. The van der Waals surface area contributed by atoms with Crippen molar-refractivity contribution in [2.45, 2.75) is 45.2 Å². The van der Waals surface area contributed by atoms with Gasteiger partial charge < -0.3 is 9.80 Å². The molecule has 1 fully saturated rings. The third-order valence-corrected chi connectivity index (χ3v) is 4.23. The molecule has 0 spiro atoms. The molecule has 1 saturated heterocycles. The molecule has 0 N–H and O–H groups in total. The summed E-state index contributed by atoms with van der Waals surface area (Å²) in [5, 5.41) is 0. The largest absolute Gasteiger partial charge is 0.322 e. The molecule has 102 valence electrons. The van der Waals surface area contributed by atoms with Crippen molar-refractivity contribution in [3.63, 3.8) is 0 Å². The number of likely N-dealkylation sites (tertiary alicyclic amines) is 1. The second-order valence-corrected chi connectivity index (χ2v) is 5.35. The van der Waals surface area contributed by atoms with Crippen LogP contribution in [0.5, 0.6) is 0 Å². The molecule has 1 atom stereocenters. The van der Waals surface area contributed by atoms with Gasteiger partial charge in [-0.05, 0) is 19.3 Å². The van der Waals surface area contributed by atoms with Crippen molar-refractivity contribution in [3.05, 3.63) is 23.8 Å². The second kappa shape index (κ2) is 5.15. The molecule has 5 nitrogen and oxygen atoms in total. The summed E-state index contributed by atoms with van der Waals surface area (Å²) in [6.07, 6.45) is 7.61. The summed E-state index contributed by atoms with van der Waals surface area (Å²) in [6.45, 7) is 4.50. The van der Waals surface area contributed by atoms with E-state index in [0.717, 1.165) is 50.0 Å². The first-order valence-electron chi connectivity index (χ1n) is 7.13.